The molecule has 2 heterocycles. The molecule has 1 aliphatic heterocycles. The smallest absolute Gasteiger partial charge is 0.407 e. The Morgan fingerprint density at radius 3 is 2.86 bits per heavy atom. The number of hydrogen-bond donors (Lipinski definition) is 1. The molecular weight excluding hydrogens is 292 g/mol. The van der Waals surface area contributed by atoms with Crippen LogP contribution in [0.1, 0.15) is 32.9 Å². The van der Waals surface area contributed by atoms with Gasteiger partial charge in [-0.3, -0.25) is 9.88 Å². The van der Waals surface area contributed by atoms with Gasteiger partial charge >= 0.3 is 6.09 Å². The lowest BCUT2D eigenvalue weighted by molar-refractivity contribution is 0.0505. The highest BCUT2D eigenvalue weighted by atomic mass is 35.5. The van der Waals surface area contributed by atoms with Crippen molar-refractivity contribution < 1.29 is 9.53 Å². The van der Waals surface area contributed by atoms with Crippen LogP contribution in [0.4, 0.5) is 4.79 Å². The summed E-state index contributed by atoms with van der Waals surface area (Å²) < 4.78 is 5.26. The van der Waals surface area contributed by atoms with Gasteiger partial charge in [0.25, 0.3) is 0 Å². The van der Waals surface area contributed by atoms with E-state index in [1.165, 1.54) is 0 Å². The molecule has 0 bridgehead atoms. The molecule has 6 nitrogen and oxygen atoms in total. The third kappa shape index (κ3) is 5.13. The molecule has 1 saturated heterocycles. The molecule has 1 N–H and O–H groups in total. The molecule has 1 aliphatic rings. The fraction of sp³-hybridized carbons (Fsp3) is 0.643. The summed E-state index contributed by atoms with van der Waals surface area (Å²) in [6.45, 7) is 7.83. The van der Waals surface area contributed by atoms with Crippen LogP contribution in [0.5, 0.6) is 0 Å². The molecule has 0 aliphatic carbocycles. The van der Waals surface area contributed by atoms with Crippen molar-refractivity contribution in [3.8, 4) is 0 Å². The van der Waals surface area contributed by atoms with Crippen LogP contribution in [0.3, 0.4) is 0 Å². The van der Waals surface area contributed by atoms with Crippen LogP contribution < -0.4 is 5.32 Å². The van der Waals surface area contributed by atoms with Gasteiger partial charge in [0.05, 0.1) is 5.69 Å². The first kappa shape index (κ1) is 16.0. The zero-order valence-electron chi connectivity index (χ0n) is 12.6. The molecule has 116 valence electrons. The maximum absolute atomic E-state index is 11.7. The van der Waals surface area contributed by atoms with Crippen molar-refractivity contribution in [2.45, 2.75) is 45.4 Å². The molecule has 1 fully saturated rings. The van der Waals surface area contributed by atoms with Gasteiger partial charge in [-0.1, -0.05) is 11.6 Å². The van der Waals surface area contributed by atoms with Crippen molar-refractivity contribution in [1.82, 2.24) is 20.2 Å². The van der Waals surface area contributed by atoms with Gasteiger partial charge in [0.2, 0.25) is 0 Å². The number of nitrogens with zero attached hydrogens (tertiary/aromatic N) is 3. The zero-order chi connectivity index (χ0) is 15.5. The van der Waals surface area contributed by atoms with E-state index in [9.17, 15) is 4.79 Å². The number of aromatic nitrogens is 2. The van der Waals surface area contributed by atoms with Crippen LogP contribution in [0.2, 0.25) is 5.15 Å². The van der Waals surface area contributed by atoms with Gasteiger partial charge in [-0.2, -0.15) is 0 Å². The highest BCUT2D eigenvalue weighted by molar-refractivity contribution is 6.29. The van der Waals surface area contributed by atoms with E-state index in [4.69, 9.17) is 16.3 Å². The third-order valence-corrected chi connectivity index (χ3v) is 3.41. The minimum absolute atomic E-state index is 0.0929. The molecular formula is C14H21ClN4O2. The number of rotatable bonds is 3. The number of ether oxygens (including phenoxy) is 1. The maximum atomic E-state index is 11.7. The van der Waals surface area contributed by atoms with E-state index in [-0.39, 0.29) is 12.1 Å². The Morgan fingerprint density at radius 2 is 2.19 bits per heavy atom. The van der Waals surface area contributed by atoms with E-state index in [0.717, 1.165) is 25.2 Å². The number of amides is 1. The van der Waals surface area contributed by atoms with E-state index < -0.39 is 5.60 Å². The number of carbonyl (C=O) groups is 1. The Balaban J connectivity index is 1.81. The normalized spacial score (nSPS) is 19.5. The number of likely N-dealkylation sites (tertiary alicyclic amines) is 1. The quantitative estimate of drug-likeness (QED) is 0.927. The second-order valence-corrected chi connectivity index (χ2v) is 6.52. The molecule has 1 amide bonds. The molecule has 7 heteroatoms. The van der Waals surface area contributed by atoms with Crippen molar-refractivity contribution in [2.75, 3.05) is 13.1 Å². The fourth-order valence-corrected chi connectivity index (χ4v) is 2.40. The molecule has 0 spiro atoms. The monoisotopic (exact) mass is 312 g/mol. The number of halogens is 1. The first-order chi connectivity index (χ1) is 9.83. The highest BCUT2D eigenvalue weighted by Gasteiger charge is 2.26. The van der Waals surface area contributed by atoms with Crippen LogP contribution in [-0.2, 0) is 11.3 Å². The van der Waals surface area contributed by atoms with E-state index in [1.54, 1.807) is 12.4 Å². The second kappa shape index (κ2) is 6.58. The molecule has 0 radical (unpaired) electrons. The van der Waals surface area contributed by atoms with Gasteiger partial charge in [0, 0.05) is 38.1 Å². The lowest BCUT2D eigenvalue weighted by Gasteiger charge is -2.22. The summed E-state index contributed by atoms with van der Waals surface area (Å²) in [5, 5.41) is 3.33. The largest absolute Gasteiger partial charge is 0.444 e. The lowest BCUT2D eigenvalue weighted by atomic mass is 10.2. The summed E-state index contributed by atoms with van der Waals surface area (Å²) in [6.07, 6.45) is 3.72. The predicted octanol–water partition coefficient (Wildman–Crippen LogP) is 2.23. The molecule has 2 rings (SSSR count). The topological polar surface area (TPSA) is 67.3 Å². The van der Waals surface area contributed by atoms with Crippen LogP contribution in [0.15, 0.2) is 12.4 Å². The summed E-state index contributed by atoms with van der Waals surface area (Å²) >= 11 is 6.01. The Morgan fingerprint density at radius 1 is 1.48 bits per heavy atom. The van der Waals surface area contributed by atoms with Crippen molar-refractivity contribution in [2.24, 2.45) is 0 Å². The van der Waals surface area contributed by atoms with Crippen LogP contribution in [0, 0.1) is 0 Å². The maximum Gasteiger partial charge on any atom is 0.407 e. The minimum Gasteiger partial charge on any atom is -0.444 e. The Labute approximate surface area is 129 Å². The summed E-state index contributed by atoms with van der Waals surface area (Å²) in [5.41, 5.74) is 0.285. The Hall–Kier alpha value is -1.40. The second-order valence-electron chi connectivity index (χ2n) is 6.16. The summed E-state index contributed by atoms with van der Waals surface area (Å²) in [5.74, 6) is 0. The average Bonchev–Trinajstić information content (AvgIpc) is 2.77. The number of carbonyl (C=O) groups excluding carboxylic acids is 1. The predicted molar refractivity (Wildman–Crippen MR) is 80.1 cm³/mol. The van der Waals surface area contributed by atoms with E-state index in [1.807, 2.05) is 20.8 Å². The standard InChI is InChI=1S/C14H21ClN4O2/c1-14(2,3)21-13(20)18-10-4-7-19(8-10)9-11-12(15)17-6-5-16-11/h5-6,10H,4,7-9H2,1-3H3,(H,18,20)/t10-/m1/s1. The lowest BCUT2D eigenvalue weighted by Crippen LogP contribution is -2.40. The summed E-state index contributed by atoms with van der Waals surface area (Å²) in [6, 6.07) is 0.0929. The van der Waals surface area contributed by atoms with Gasteiger partial charge in [-0.15, -0.1) is 0 Å². The van der Waals surface area contributed by atoms with Gasteiger partial charge in [-0.05, 0) is 27.2 Å². The first-order valence-electron chi connectivity index (χ1n) is 7.01. The van der Waals surface area contributed by atoms with Crippen molar-refractivity contribution in [3.05, 3.63) is 23.2 Å². The zero-order valence-corrected chi connectivity index (χ0v) is 13.4. The molecule has 1 atom stereocenters. The van der Waals surface area contributed by atoms with E-state index >= 15 is 0 Å². The van der Waals surface area contributed by atoms with Crippen LogP contribution in [0.25, 0.3) is 0 Å². The fourth-order valence-electron chi connectivity index (χ4n) is 2.24. The molecule has 0 saturated carbocycles. The number of hydrogen-bond acceptors (Lipinski definition) is 5. The summed E-state index contributed by atoms with van der Waals surface area (Å²) in [7, 11) is 0. The molecule has 21 heavy (non-hydrogen) atoms. The number of alkyl carbamates (subject to hydrolysis) is 1. The molecule has 1 aromatic heterocycles. The van der Waals surface area contributed by atoms with Gasteiger partial charge in [0.15, 0.2) is 5.15 Å². The van der Waals surface area contributed by atoms with Crippen molar-refractivity contribution in [3.63, 3.8) is 0 Å². The van der Waals surface area contributed by atoms with Gasteiger partial charge in [-0.25, -0.2) is 9.78 Å². The van der Waals surface area contributed by atoms with Crippen LogP contribution >= 0.6 is 11.6 Å². The molecule has 1 aromatic rings. The van der Waals surface area contributed by atoms with Gasteiger partial charge in [0.1, 0.15) is 5.60 Å². The van der Waals surface area contributed by atoms with Gasteiger partial charge < -0.3 is 10.1 Å². The first-order valence-corrected chi connectivity index (χ1v) is 7.38. The molecule has 0 aromatic carbocycles. The number of nitrogens with one attached hydrogen (secondary N) is 1. The van der Waals surface area contributed by atoms with Crippen molar-refractivity contribution >= 4 is 17.7 Å². The Bertz CT molecular complexity index is 504. The van der Waals surface area contributed by atoms with E-state index in [0.29, 0.717) is 11.7 Å². The van der Waals surface area contributed by atoms with Crippen LogP contribution in [-0.4, -0.2) is 45.7 Å². The minimum atomic E-state index is -0.477. The van der Waals surface area contributed by atoms with Crippen molar-refractivity contribution in [1.29, 1.82) is 0 Å². The third-order valence-electron chi connectivity index (χ3n) is 3.09. The van der Waals surface area contributed by atoms with E-state index in [2.05, 4.69) is 20.2 Å². The Kier molecular flexibility index (Phi) is 5.00. The molecule has 0 unspecified atom stereocenters. The average molecular weight is 313 g/mol. The SMILES string of the molecule is CC(C)(C)OC(=O)N[C@@H]1CCN(Cc2nccnc2Cl)C1. The summed E-state index contributed by atoms with van der Waals surface area (Å²) in [4.78, 5) is 22.2. The highest BCUT2D eigenvalue weighted by Crippen LogP contribution is 2.17.